The zero-order valence-corrected chi connectivity index (χ0v) is 17.6. The van der Waals surface area contributed by atoms with Crippen molar-refractivity contribution in [2.24, 2.45) is 0 Å². The summed E-state index contributed by atoms with van der Waals surface area (Å²) < 4.78 is 12.6. The molecule has 0 bridgehead atoms. The highest BCUT2D eigenvalue weighted by Crippen LogP contribution is 2.37. The number of nitrogens with zero attached hydrogens (tertiary/aromatic N) is 3. The van der Waals surface area contributed by atoms with Crippen LogP contribution in [0.1, 0.15) is 73.0 Å². The number of anilines is 1. The number of ether oxygens (including phenoxy) is 2. The number of carbonyl (C=O) groups is 2. The first-order chi connectivity index (χ1) is 14.3. The van der Waals surface area contributed by atoms with Gasteiger partial charge >= 0.3 is 0 Å². The third-order valence-electron chi connectivity index (χ3n) is 5.05. The van der Waals surface area contributed by atoms with Crippen LogP contribution in [0.15, 0.2) is 24.4 Å². The number of Topliss-reactive ketones (excluding diaryl/α,β-unsaturated/α-hetero) is 1. The van der Waals surface area contributed by atoms with Crippen LogP contribution < -0.4 is 14.8 Å². The fourth-order valence-electron chi connectivity index (χ4n) is 3.43. The summed E-state index contributed by atoms with van der Waals surface area (Å²) in [4.78, 5) is 30.2. The van der Waals surface area contributed by atoms with Crippen LogP contribution in [0.2, 0.25) is 0 Å². The molecule has 0 unspecified atom stereocenters. The fourth-order valence-corrected chi connectivity index (χ4v) is 3.43. The van der Waals surface area contributed by atoms with Gasteiger partial charge in [-0.05, 0) is 38.8 Å². The number of amides is 1. The van der Waals surface area contributed by atoms with Gasteiger partial charge in [0.1, 0.15) is 0 Å². The summed E-state index contributed by atoms with van der Waals surface area (Å²) in [6.07, 6.45) is 1.66. The summed E-state index contributed by atoms with van der Waals surface area (Å²) in [6, 6.07) is 5.11. The number of nitrogens with one attached hydrogen (secondary N) is 1. The average Bonchev–Trinajstić information content (AvgIpc) is 3.32. The number of rotatable bonds is 5. The van der Waals surface area contributed by atoms with Crippen LogP contribution in [0, 0.1) is 0 Å². The van der Waals surface area contributed by atoms with Crippen LogP contribution in [-0.2, 0) is 0 Å². The summed E-state index contributed by atoms with van der Waals surface area (Å²) in [5.41, 5.74) is 2.66. The first kappa shape index (κ1) is 19.9. The molecule has 1 amide bonds. The van der Waals surface area contributed by atoms with Gasteiger partial charge in [0.15, 0.2) is 22.9 Å². The van der Waals surface area contributed by atoms with E-state index in [1.807, 2.05) is 27.7 Å². The lowest BCUT2D eigenvalue weighted by molar-refractivity contribution is 0.101. The third kappa shape index (κ3) is 3.38. The molecule has 1 aliphatic heterocycles. The number of pyridine rings is 1. The Morgan fingerprint density at radius 3 is 2.40 bits per heavy atom. The van der Waals surface area contributed by atoms with E-state index in [1.54, 1.807) is 29.1 Å². The van der Waals surface area contributed by atoms with Crippen LogP contribution in [0.4, 0.5) is 5.69 Å². The molecule has 0 radical (unpaired) electrons. The van der Waals surface area contributed by atoms with Gasteiger partial charge in [0, 0.05) is 23.4 Å². The minimum atomic E-state index is -0.339. The van der Waals surface area contributed by atoms with E-state index >= 15 is 0 Å². The number of hydrogen-bond donors (Lipinski definition) is 1. The van der Waals surface area contributed by atoms with Crippen molar-refractivity contribution in [3.05, 3.63) is 41.2 Å². The van der Waals surface area contributed by atoms with Crippen molar-refractivity contribution < 1.29 is 19.1 Å². The molecule has 0 aliphatic carbocycles. The molecule has 3 heterocycles. The lowest BCUT2D eigenvalue weighted by Crippen LogP contribution is -2.16. The average molecular weight is 408 g/mol. The second-order valence-electron chi connectivity index (χ2n) is 7.93. The highest BCUT2D eigenvalue weighted by molar-refractivity contribution is 6.14. The smallest absolute Gasteiger partial charge is 0.256 e. The molecule has 0 saturated heterocycles. The van der Waals surface area contributed by atoms with Crippen molar-refractivity contribution >= 4 is 28.4 Å². The summed E-state index contributed by atoms with van der Waals surface area (Å²) in [5, 5.41) is 7.96. The highest BCUT2D eigenvalue weighted by atomic mass is 16.7. The van der Waals surface area contributed by atoms with E-state index in [-0.39, 0.29) is 30.4 Å². The Kier molecular flexibility index (Phi) is 4.93. The molecule has 3 aromatic rings. The summed E-state index contributed by atoms with van der Waals surface area (Å²) in [7, 11) is 0. The number of ketones is 1. The SMILES string of the molecule is CC(=O)c1cc2c(cc1NC(=O)c1cc(C(C)C)nc3c1cnn3C(C)C)OCO2. The summed E-state index contributed by atoms with van der Waals surface area (Å²) in [5.74, 6) is 0.596. The first-order valence-electron chi connectivity index (χ1n) is 9.90. The van der Waals surface area contributed by atoms with E-state index < -0.39 is 0 Å². The maximum absolute atomic E-state index is 13.3. The van der Waals surface area contributed by atoms with Gasteiger partial charge in [0.05, 0.1) is 22.8 Å². The van der Waals surface area contributed by atoms with E-state index in [0.29, 0.717) is 39.3 Å². The normalized spacial score (nSPS) is 12.8. The number of hydrogen-bond acceptors (Lipinski definition) is 6. The minimum Gasteiger partial charge on any atom is -0.454 e. The van der Waals surface area contributed by atoms with Gasteiger partial charge in [-0.2, -0.15) is 5.10 Å². The maximum atomic E-state index is 13.3. The Labute approximate surface area is 174 Å². The summed E-state index contributed by atoms with van der Waals surface area (Å²) in [6.45, 7) is 9.61. The highest BCUT2D eigenvalue weighted by Gasteiger charge is 2.23. The Morgan fingerprint density at radius 1 is 1.07 bits per heavy atom. The minimum absolute atomic E-state index is 0.0845. The van der Waals surface area contributed by atoms with Crippen LogP contribution in [0.25, 0.3) is 11.0 Å². The van der Waals surface area contributed by atoms with Crippen molar-refractivity contribution in [3.8, 4) is 11.5 Å². The zero-order chi connectivity index (χ0) is 21.6. The standard InChI is InChI=1S/C22H24N4O4/c1-11(2)17-6-15(16-9-23-26(12(3)4)21(16)24-17)22(28)25-18-8-20-19(29-10-30-20)7-14(18)13(5)27/h6-9,11-12H,10H2,1-5H3,(H,25,28). The largest absolute Gasteiger partial charge is 0.454 e. The molecule has 1 aromatic carbocycles. The maximum Gasteiger partial charge on any atom is 0.256 e. The van der Waals surface area contributed by atoms with Gasteiger partial charge in [-0.1, -0.05) is 13.8 Å². The lowest BCUT2D eigenvalue weighted by atomic mass is 10.0. The van der Waals surface area contributed by atoms with E-state index in [1.165, 1.54) is 6.92 Å². The molecule has 2 aromatic heterocycles. The molecule has 0 spiro atoms. The van der Waals surface area contributed by atoms with Gasteiger partial charge in [-0.3, -0.25) is 9.59 Å². The van der Waals surface area contributed by atoms with Crippen molar-refractivity contribution in [3.63, 3.8) is 0 Å². The van der Waals surface area contributed by atoms with E-state index in [4.69, 9.17) is 14.5 Å². The van der Waals surface area contributed by atoms with Crippen LogP contribution in [0.5, 0.6) is 11.5 Å². The van der Waals surface area contributed by atoms with E-state index in [2.05, 4.69) is 10.4 Å². The van der Waals surface area contributed by atoms with Crippen LogP contribution in [0.3, 0.4) is 0 Å². The Morgan fingerprint density at radius 2 is 1.77 bits per heavy atom. The van der Waals surface area contributed by atoms with Gasteiger partial charge in [0.2, 0.25) is 6.79 Å². The molecule has 8 heteroatoms. The first-order valence-corrected chi connectivity index (χ1v) is 9.90. The molecule has 0 saturated carbocycles. The van der Waals surface area contributed by atoms with Crippen LogP contribution in [-0.4, -0.2) is 33.2 Å². The van der Waals surface area contributed by atoms with E-state index in [9.17, 15) is 9.59 Å². The second kappa shape index (κ2) is 7.44. The number of benzene rings is 1. The number of fused-ring (bicyclic) bond motifs is 2. The third-order valence-corrected chi connectivity index (χ3v) is 5.05. The van der Waals surface area contributed by atoms with Gasteiger partial charge in [0.25, 0.3) is 5.91 Å². The number of carbonyl (C=O) groups excluding carboxylic acids is 2. The molecule has 30 heavy (non-hydrogen) atoms. The predicted molar refractivity (Wildman–Crippen MR) is 113 cm³/mol. The van der Waals surface area contributed by atoms with Gasteiger partial charge in [-0.15, -0.1) is 0 Å². The molecule has 4 rings (SSSR count). The van der Waals surface area contributed by atoms with Crippen molar-refractivity contribution in [1.82, 2.24) is 14.8 Å². The molecule has 156 valence electrons. The second-order valence-corrected chi connectivity index (χ2v) is 7.93. The fraction of sp³-hybridized carbons (Fsp3) is 0.364. The summed E-state index contributed by atoms with van der Waals surface area (Å²) >= 11 is 0. The number of aromatic nitrogens is 3. The van der Waals surface area contributed by atoms with Gasteiger partial charge < -0.3 is 14.8 Å². The van der Waals surface area contributed by atoms with Gasteiger partial charge in [-0.25, -0.2) is 9.67 Å². The topological polar surface area (TPSA) is 95.3 Å². The lowest BCUT2D eigenvalue weighted by Gasteiger charge is -2.14. The molecule has 0 atom stereocenters. The van der Waals surface area contributed by atoms with E-state index in [0.717, 1.165) is 5.69 Å². The zero-order valence-electron chi connectivity index (χ0n) is 17.6. The predicted octanol–water partition coefficient (Wildman–Crippen LogP) is 4.32. The Bertz CT molecular complexity index is 1160. The molecule has 1 aliphatic rings. The molecular weight excluding hydrogens is 384 g/mol. The molecular formula is C22H24N4O4. The van der Waals surface area contributed by atoms with Crippen molar-refractivity contribution in [2.45, 2.75) is 46.6 Å². The molecule has 1 N–H and O–H groups in total. The monoisotopic (exact) mass is 408 g/mol. The van der Waals surface area contributed by atoms with Crippen LogP contribution >= 0.6 is 0 Å². The Hall–Kier alpha value is -3.42. The van der Waals surface area contributed by atoms with Crippen molar-refractivity contribution in [2.75, 3.05) is 12.1 Å². The molecule has 0 fully saturated rings. The molecule has 8 nitrogen and oxygen atoms in total. The van der Waals surface area contributed by atoms with Crippen molar-refractivity contribution in [1.29, 1.82) is 0 Å². The Balaban J connectivity index is 1.80. The quantitative estimate of drug-likeness (QED) is 0.632.